The molecule has 0 saturated heterocycles. The van der Waals surface area contributed by atoms with E-state index in [2.05, 4.69) is 15.9 Å². The summed E-state index contributed by atoms with van der Waals surface area (Å²) in [6.45, 7) is -0.290. The first-order valence-electron chi connectivity index (χ1n) is 5.20. The quantitative estimate of drug-likeness (QED) is 0.797. The van der Waals surface area contributed by atoms with E-state index in [9.17, 15) is 17.2 Å². The second kappa shape index (κ2) is 5.76. The van der Waals surface area contributed by atoms with Crippen molar-refractivity contribution in [2.45, 2.75) is 10.8 Å². The maximum Gasteiger partial charge on any atom is 0.271 e. The lowest BCUT2D eigenvalue weighted by atomic mass is 10.3. The fourth-order valence-electron chi connectivity index (χ4n) is 1.38. The minimum absolute atomic E-state index is 0.0933. The number of nitrogens with one attached hydrogen (secondary N) is 1. The minimum Gasteiger partial charge on any atom is -0.391 e. The number of benzene rings is 1. The van der Waals surface area contributed by atoms with Crippen molar-refractivity contribution >= 4 is 43.0 Å². The molecule has 0 radical (unpaired) electrons. The molecule has 2 rings (SSSR count). The van der Waals surface area contributed by atoms with E-state index in [4.69, 9.17) is 5.11 Å². The first-order chi connectivity index (χ1) is 9.33. The van der Waals surface area contributed by atoms with Gasteiger partial charge >= 0.3 is 0 Å². The lowest BCUT2D eigenvalue weighted by Crippen LogP contribution is -2.13. The maximum atomic E-state index is 13.6. The third kappa shape index (κ3) is 3.17. The summed E-state index contributed by atoms with van der Waals surface area (Å²) in [4.78, 5) is 0.452. The number of thiophene rings is 1. The van der Waals surface area contributed by atoms with Crippen LogP contribution in [0.1, 0.15) is 4.88 Å². The molecule has 0 spiro atoms. The Balaban J connectivity index is 2.35. The lowest BCUT2D eigenvalue weighted by Gasteiger charge is -2.08. The van der Waals surface area contributed by atoms with Crippen LogP contribution < -0.4 is 4.72 Å². The molecule has 0 amide bonds. The third-order valence-corrected chi connectivity index (χ3v) is 5.85. The van der Waals surface area contributed by atoms with Gasteiger partial charge in [-0.25, -0.2) is 17.2 Å². The van der Waals surface area contributed by atoms with Gasteiger partial charge in [-0.3, -0.25) is 4.72 Å². The predicted octanol–water partition coefficient (Wildman–Crippen LogP) is 3.08. The van der Waals surface area contributed by atoms with Crippen molar-refractivity contribution in [3.63, 3.8) is 0 Å². The topological polar surface area (TPSA) is 66.4 Å². The van der Waals surface area contributed by atoms with Crippen molar-refractivity contribution in [3.8, 4) is 0 Å². The van der Waals surface area contributed by atoms with Gasteiger partial charge in [0.15, 0.2) is 0 Å². The van der Waals surface area contributed by atoms with E-state index < -0.39 is 27.3 Å². The van der Waals surface area contributed by atoms with Crippen molar-refractivity contribution in [1.29, 1.82) is 0 Å². The maximum absolute atomic E-state index is 13.6. The Kier molecular flexibility index (Phi) is 4.43. The van der Waals surface area contributed by atoms with Gasteiger partial charge in [-0.15, -0.1) is 11.3 Å². The van der Waals surface area contributed by atoms with Crippen LogP contribution in [0.3, 0.4) is 0 Å². The van der Waals surface area contributed by atoms with Crippen LogP contribution in [0.5, 0.6) is 0 Å². The van der Waals surface area contributed by atoms with Crippen molar-refractivity contribution in [2.24, 2.45) is 0 Å². The first-order valence-corrected chi connectivity index (χ1v) is 8.29. The fourth-order valence-corrected chi connectivity index (χ4v) is 3.97. The zero-order valence-corrected chi connectivity index (χ0v) is 12.9. The third-order valence-electron chi connectivity index (χ3n) is 2.31. The molecule has 0 unspecified atom stereocenters. The fraction of sp³-hybridized carbons (Fsp3) is 0.0909. The van der Waals surface area contributed by atoms with Gasteiger partial charge in [0, 0.05) is 10.9 Å². The minimum atomic E-state index is -4.02. The average Bonchev–Trinajstić information content (AvgIpc) is 2.85. The van der Waals surface area contributed by atoms with Crippen LogP contribution >= 0.6 is 27.3 Å². The summed E-state index contributed by atoms with van der Waals surface area (Å²) in [5.74, 6) is -1.69. The Bertz CT molecular complexity index is 746. The SMILES string of the molecule is O=S(=O)(Nc1cc(F)c(Br)cc1F)c1ccc(CO)s1. The highest BCUT2D eigenvalue weighted by molar-refractivity contribution is 9.10. The number of aliphatic hydroxyl groups excluding tert-OH is 1. The molecule has 0 bridgehead atoms. The van der Waals surface area contributed by atoms with Gasteiger partial charge in [-0.1, -0.05) is 0 Å². The van der Waals surface area contributed by atoms with Gasteiger partial charge in [-0.05, 0) is 34.1 Å². The Morgan fingerprint density at radius 1 is 1.25 bits per heavy atom. The summed E-state index contributed by atoms with van der Waals surface area (Å²) in [6, 6.07) is 4.31. The summed E-state index contributed by atoms with van der Waals surface area (Å²) in [6.07, 6.45) is 0. The first kappa shape index (κ1) is 15.4. The second-order valence-electron chi connectivity index (χ2n) is 3.73. The number of anilines is 1. The molecule has 0 saturated carbocycles. The van der Waals surface area contributed by atoms with E-state index in [1.54, 1.807) is 0 Å². The molecular formula is C11H8BrF2NO3S2. The molecule has 0 aliphatic heterocycles. The molecular weight excluding hydrogens is 376 g/mol. The predicted molar refractivity (Wildman–Crippen MR) is 75.1 cm³/mol. The average molecular weight is 384 g/mol. The van der Waals surface area contributed by atoms with Crippen LogP contribution in [-0.2, 0) is 16.6 Å². The molecule has 1 heterocycles. The molecule has 0 aliphatic rings. The van der Waals surface area contributed by atoms with E-state index >= 15 is 0 Å². The Morgan fingerprint density at radius 2 is 1.95 bits per heavy atom. The van der Waals surface area contributed by atoms with E-state index in [0.717, 1.165) is 23.5 Å². The summed E-state index contributed by atoms with van der Waals surface area (Å²) in [7, 11) is -4.02. The van der Waals surface area contributed by atoms with Crippen molar-refractivity contribution < 1.29 is 22.3 Å². The van der Waals surface area contributed by atoms with Crippen LogP contribution in [0.2, 0.25) is 0 Å². The highest BCUT2D eigenvalue weighted by Crippen LogP contribution is 2.28. The Morgan fingerprint density at radius 3 is 2.55 bits per heavy atom. The molecule has 2 N–H and O–H groups in total. The molecule has 4 nitrogen and oxygen atoms in total. The largest absolute Gasteiger partial charge is 0.391 e. The van der Waals surface area contributed by atoms with Gasteiger partial charge in [0.2, 0.25) is 0 Å². The molecule has 1 aromatic heterocycles. The normalized spacial score (nSPS) is 11.6. The van der Waals surface area contributed by atoms with Gasteiger partial charge in [0.05, 0.1) is 16.8 Å². The second-order valence-corrected chi connectivity index (χ2v) is 7.66. The van der Waals surface area contributed by atoms with Gasteiger partial charge in [0.25, 0.3) is 10.0 Å². The van der Waals surface area contributed by atoms with Crippen LogP contribution in [-0.4, -0.2) is 13.5 Å². The Hall–Kier alpha value is -1.03. The number of rotatable bonds is 4. The van der Waals surface area contributed by atoms with Crippen molar-refractivity contribution in [1.82, 2.24) is 0 Å². The van der Waals surface area contributed by atoms with Crippen LogP contribution in [0.15, 0.2) is 32.9 Å². The number of sulfonamides is 1. The van der Waals surface area contributed by atoms with Crippen LogP contribution in [0.4, 0.5) is 14.5 Å². The highest BCUT2D eigenvalue weighted by Gasteiger charge is 2.19. The molecule has 0 aliphatic carbocycles. The zero-order valence-electron chi connectivity index (χ0n) is 9.73. The lowest BCUT2D eigenvalue weighted by molar-refractivity contribution is 0.285. The molecule has 20 heavy (non-hydrogen) atoms. The van der Waals surface area contributed by atoms with Gasteiger partial charge in [-0.2, -0.15) is 0 Å². The molecule has 0 fully saturated rings. The van der Waals surface area contributed by atoms with Crippen molar-refractivity contribution in [2.75, 3.05) is 4.72 Å². The monoisotopic (exact) mass is 383 g/mol. The highest BCUT2D eigenvalue weighted by atomic mass is 79.9. The molecule has 0 atom stereocenters. The smallest absolute Gasteiger partial charge is 0.271 e. The standard InChI is InChI=1S/C11H8BrF2NO3S2/c12-7-3-9(14)10(4-8(7)13)15-20(17,18)11-2-1-6(5-16)19-11/h1-4,15-16H,5H2. The van der Waals surface area contributed by atoms with Crippen LogP contribution in [0, 0.1) is 11.6 Å². The number of aliphatic hydroxyl groups is 1. The van der Waals surface area contributed by atoms with E-state index in [0.29, 0.717) is 4.88 Å². The summed E-state index contributed by atoms with van der Waals surface area (Å²) in [5.41, 5.74) is -0.482. The summed E-state index contributed by atoms with van der Waals surface area (Å²) >= 11 is 3.65. The zero-order chi connectivity index (χ0) is 14.9. The van der Waals surface area contributed by atoms with Crippen LogP contribution in [0.25, 0.3) is 0 Å². The molecule has 9 heteroatoms. The molecule has 108 valence electrons. The molecule has 2 aromatic rings. The number of halogens is 3. The van der Waals surface area contributed by atoms with Gasteiger partial charge in [0.1, 0.15) is 15.8 Å². The van der Waals surface area contributed by atoms with E-state index in [1.165, 1.54) is 12.1 Å². The van der Waals surface area contributed by atoms with Crippen molar-refractivity contribution in [3.05, 3.63) is 45.2 Å². The van der Waals surface area contributed by atoms with E-state index in [-0.39, 0.29) is 15.3 Å². The number of hydrogen-bond donors (Lipinski definition) is 2. The van der Waals surface area contributed by atoms with Gasteiger partial charge < -0.3 is 5.11 Å². The summed E-state index contributed by atoms with van der Waals surface area (Å²) < 4.78 is 52.7. The number of hydrogen-bond acceptors (Lipinski definition) is 4. The molecule has 1 aromatic carbocycles. The Labute approximate surface area is 126 Å². The van der Waals surface area contributed by atoms with E-state index in [1.807, 2.05) is 4.72 Å². The summed E-state index contributed by atoms with van der Waals surface area (Å²) in [5, 5.41) is 8.90.